The van der Waals surface area contributed by atoms with Crippen molar-refractivity contribution >= 4 is 0 Å². The normalized spacial score (nSPS) is 9.68. The molecule has 384 valence electrons. The topological polar surface area (TPSA) is 265 Å². The summed E-state index contributed by atoms with van der Waals surface area (Å²) in [5.74, 6) is 0. The summed E-state index contributed by atoms with van der Waals surface area (Å²) in [6.45, 7) is 11.5. The van der Waals surface area contributed by atoms with Crippen molar-refractivity contribution in [3.63, 3.8) is 0 Å². The zero-order chi connectivity index (χ0) is 50.3. The van der Waals surface area contributed by atoms with E-state index in [0.29, 0.717) is 0 Å². The van der Waals surface area contributed by atoms with Crippen LogP contribution in [0.15, 0.2) is 171 Å². The fraction of sp³-hybridized carbons (Fsp3) is 0.115. The van der Waals surface area contributed by atoms with Gasteiger partial charge in [-0.15, -0.1) is 0 Å². The molecule has 12 heterocycles. The predicted octanol–water partition coefficient (Wildman–Crippen LogP) is 7.24. The second kappa shape index (κ2) is 31.6. The molecule has 0 radical (unpaired) electrons. The first-order valence-corrected chi connectivity index (χ1v) is 22.2. The molecule has 0 aliphatic rings. The molecule has 0 bridgehead atoms. The van der Waals surface area contributed by atoms with Gasteiger partial charge in [-0.05, 0) is 90.1 Å². The molecule has 0 N–H and O–H groups in total. The predicted molar refractivity (Wildman–Crippen MR) is 269 cm³/mol. The maximum absolute atomic E-state index is 4.16. The maximum Gasteiger partial charge on any atom is 2.00 e. The third kappa shape index (κ3) is 19.5. The van der Waals surface area contributed by atoms with E-state index < -0.39 is 0 Å². The zero-order valence-corrected chi connectivity index (χ0v) is 47.9. The van der Waals surface area contributed by atoms with Crippen molar-refractivity contribution in [3.05, 3.63) is 205 Å². The van der Waals surface area contributed by atoms with E-state index in [4.69, 9.17) is 0 Å². The third-order valence-corrected chi connectivity index (χ3v) is 9.33. The number of nitrogens with zero attached hydrogens (tertiary/aromatic N) is 20. The van der Waals surface area contributed by atoms with Crippen LogP contribution in [0.3, 0.4) is 0 Å². The Hall–Kier alpha value is -7.92. The summed E-state index contributed by atoms with van der Waals surface area (Å²) in [6.07, 6.45) is 16.9. The molecule has 0 aliphatic carbocycles. The quantitative estimate of drug-likeness (QED) is 0.159. The van der Waals surface area contributed by atoms with E-state index in [2.05, 4.69) is 101 Å². The first-order chi connectivity index (χ1) is 35.2. The number of rotatable bonds is 6. The summed E-state index contributed by atoms with van der Waals surface area (Å²) in [5, 5.41) is 47.1. The second-order valence-corrected chi connectivity index (χ2v) is 15.3. The van der Waals surface area contributed by atoms with Crippen molar-refractivity contribution in [2.75, 3.05) is 0 Å². The van der Waals surface area contributed by atoms with Crippen LogP contribution >= 0.6 is 0 Å². The smallest absolute Gasteiger partial charge is 0.574 e. The van der Waals surface area contributed by atoms with Gasteiger partial charge in [0.1, 0.15) is 0 Å². The molecule has 0 saturated carbocycles. The Bertz CT molecular complexity index is 2790. The van der Waals surface area contributed by atoms with Gasteiger partial charge in [0, 0.05) is 107 Å². The van der Waals surface area contributed by atoms with Gasteiger partial charge in [-0.1, -0.05) is 94.8 Å². The van der Waals surface area contributed by atoms with Crippen LogP contribution in [0, 0.1) is 41.5 Å². The summed E-state index contributed by atoms with van der Waals surface area (Å²) in [5.41, 5.74) is 15.4. The summed E-state index contributed by atoms with van der Waals surface area (Å²) < 4.78 is 0. The number of hydrogen-bond donors (Lipinski definition) is 0. The number of aryl methyl sites for hydroxylation is 6. The van der Waals surface area contributed by atoms with E-state index in [-0.39, 0.29) is 63.2 Å². The summed E-state index contributed by atoms with van der Waals surface area (Å²) in [7, 11) is 0. The fourth-order valence-electron chi connectivity index (χ4n) is 6.00. The van der Waals surface area contributed by atoms with Crippen LogP contribution in [0.5, 0.6) is 0 Å². The Balaban J connectivity index is 0.000000193. The Kier molecular flexibility index (Phi) is 25.2. The van der Waals surface area contributed by atoms with Crippen LogP contribution in [0.25, 0.3) is 68.3 Å². The molecule has 75 heavy (non-hydrogen) atoms. The van der Waals surface area contributed by atoms with E-state index >= 15 is 0 Å². The van der Waals surface area contributed by atoms with Crippen LogP contribution in [0.1, 0.15) is 34.2 Å². The average molecular weight is 1540 g/mol. The van der Waals surface area contributed by atoms with Gasteiger partial charge in [-0.2, -0.15) is 0 Å². The minimum Gasteiger partial charge on any atom is -0.574 e. The Labute approximate surface area is 476 Å². The molecular weight excluding hydrogens is 1490 g/mol. The summed E-state index contributed by atoms with van der Waals surface area (Å²) in [6, 6.07) is 34.4. The first kappa shape index (κ1) is 59.6. The van der Waals surface area contributed by atoms with Gasteiger partial charge in [0.15, 0.2) is 0 Å². The molecule has 12 aromatic heterocycles. The first-order valence-electron chi connectivity index (χ1n) is 22.2. The van der Waals surface area contributed by atoms with Crippen LogP contribution in [-0.2, 0) is 63.2 Å². The largest absolute Gasteiger partial charge is 2.00 e. The van der Waals surface area contributed by atoms with E-state index in [1.54, 1.807) is 62.0 Å². The summed E-state index contributed by atoms with van der Waals surface area (Å²) >= 11 is 0. The Morgan fingerprint density at radius 2 is 0.467 bits per heavy atom. The minimum absolute atomic E-state index is 0. The number of hydrogen-bond acceptors (Lipinski definition) is 14. The zero-order valence-electron chi connectivity index (χ0n) is 41.1. The van der Waals surface area contributed by atoms with Gasteiger partial charge in [-0.3, -0.25) is 39.9 Å². The van der Waals surface area contributed by atoms with E-state index in [1.807, 2.05) is 151 Å². The van der Waals surface area contributed by atoms with Gasteiger partial charge in [-0.25, -0.2) is 0 Å². The average Bonchev–Trinajstić information content (AvgIpc) is 4.33. The van der Waals surface area contributed by atoms with Gasteiger partial charge in [0.25, 0.3) is 0 Å². The van der Waals surface area contributed by atoms with Gasteiger partial charge >= 0.3 is 63.2 Å². The van der Waals surface area contributed by atoms with Gasteiger partial charge in [0.05, 0.1) is 23.8 Å². The molecule has 0 aromatic carbocycles. The molecule has 23 heteroatoms. The number of pyridine rings is 4. The molecule has 0 amide bonds. The summed E-state index contributed by atoms with van der Waals surface area (Å²) in [4.78, 5) is 32.7. The molecule has 20 nitrogen and oxygen atoms in total. The van der Waals surface area contributed by atoms with Crippen molar-refractivity contribution in [2.45, 2.75) is 41.5 Å². The molecule has 0 spiro atoms. The van der Waals surface area contributed by atoms with Crippen LogP contribution in [0.4, 0.5) is 0 Å². The van der Waals surface area contributed by atoms with Gasteiger partial charge < -0.3 is 61.2 Å². The Morgan fingerprint density at radius 1 is 0.253 bits per heavy atom. The van der Waals surface area contributed by atoms with Crippen molar-refractivity contribution in [3.8, 4) is 68.3 Å². The van der Waals surface area contributed by atoms with E-state index in [1.165, 1.54) is 0 Å². The molecule has 0 atom stereocenters. The van der Waals surface area contributed by atoms with Crippen LogP contribution < -0.4 is 30.6 Å². The van der Waals surface area contributed by atoms with Crippen molar-refractivity contribution < 1.29 is 63.2 Å². The van der Waals surface area contributed by atoms with Crippen LogP contribution in [-0.4, -0.2) is 70.5 Å². The molecular formula is C52H46N20Pt3. The van der Waals surface area contributed by atoms with Crippen molar-refractivity contribution in [2.24, 2.45) is 0 Å². The molecule has 12 rings (SSSR count). The monoisotopic (exact) mass is 1540 g/mol. The second-order valence-electron chi connectivity index (χ2n) is 15.3. The van der Waals surface area contributed by atoms with Crippen molar-refractivity contribution in [1.82, 2.24) is 101 Å². The van der Waals surface area contributed by atoms with Crippen LogP contribution in [0.2, 0.25) is 0 Å². The molecule has 12 aromatic rings. The molecule has 0 aliphatic heterocycles. The van der Waals surface area contributed by atoms with E-state index in [9.17, 15) is 0 Å². The molecule has 0 unspecified atom stereocenters. The minimum atomic E-state index is 0. The van der Waals surface area contributed by atoms with E-state index in [0.717, 1.165) is 102 Å². The molecule has 0 saturated heterocycles. The van der Waals surface area contributed by atoms with Crippen molar-refractivity contribution in [1.29, 1.82) is 0 Å². The molecule has 0 fully saturated rings. The Morgan fingerprint density at radius 3 is 0.627 bits per heavy atom. The fourth-order valence-corrected chi connectivity index (χ4v) is 6.00. The SMILES string of the molecule is Cc1cc(-c2ccccn2)[n-]n1.Cc1cc(-c2ccccn2)[n-]n1.Cc1cc(-c2ccccn2)[n-]n1.Cc1cc(-c2ccccn2)[n-]n1.Cc1cc(-c2cnccn2)[n-]n1.Cc1cc(-c2cnccn2)[n-]n1.[Pt+2].[Pt+2].[Pt+2]. The maximum atomic E-state index is 4.16. The van der Waals surface area contributed by atoms with Gasteiger partial charge in [0.2, 0.25) is 0 Å². The standard InChI is InChI=1S/4C9H8N3.2C8H7N4.3Pt/c4*1-7-6-9(12-11-7)8-4-2-3-5-10-8;2*1-6-4-7(12-11-6)8-5-9-2-3-10-8;;;/h4*2-6H,1H3;2*2-5H,1H3;;;/q6*-1;3*+2. The third-order valence-electron chi connectivity index (χ3n) is 9.33. The number of aromatic nitrogens is 20.